The number of sulfonamides is 2. The van der Waals surface area contributed by atoms with E-state index >= 15 is 0 Å². The summed E-state index contributed by atoms with van der Waals surface area (Å²) in [5.41, 5.74) is 12.9. The average molecular weight is 398 g/mol. The van der Waals surface area contributed by atoms with E-state index in [0.717, 1.165) is 6.26 Å². The molecule has 2 aromatic rings. The van der Waals surface area contributed by atoms with E-state index in [1.165, 1.54) is 6.07 Å². The highest BCUT2D eigenvalue weighted by molar-refractivity contribution is 7.92. The van der Waals surface area contributed by atoms with E-state index in [1.54, 1.807) is 36.4 Å². The number of hydrazine groups is 3. The topological polar surface area (TPSA) is 154 Å². The lowest BCUT2D eigenvalue weighted by Gasteiger charge is -2.19. The van der Waals surface area contributed by atoms with Gasteiger partial charge in [0, 0.05) is 11.3 Å². The van der Waals surface area contributed by atoms with Crippen molar-refractivity contribution in [2.75, 3.05) is 11.0 Å². The van der Waals surface area contributed by atoms with Crippen molar-refractivity contribution in [1.82, 2.24) is 21.9 Å². The molecule has 0 amide bonds. The van der Waals surface area contributed by atoms with Gasteiger partial charge in [0.1, 0.15) is 6.17 Å². The van der Waals surface area contributed by atoms with Crippen molar-refractivity contribution in [1.29, 1.82) is 0 Å². The fraction of sp³-hybridized carbons (Fsp3) is 0.143. The molecule has 0 spiro atoms. The molecule has 1 aliphatic rings. The number of hydrogen-bond acceptors (Lipinski definition) is 8. The monoisotopic (exact) mass is 398 g/mol. The Bertz CT molecular complexity index is 1030. The molecule has 1 aliphatic heterocycles. The zero-order chi connectivity index (χ0) is 18.9. The van der Waals surface area contributed by atoms with Gasteiger partial charge >= 0.3 is 0 Å². The van der Waals surface area contributed by atoms with Crippen LogP contribution >= 0.6 is 0 Å². The summed E-state index contributed by atoms with van der Waals surface area (Å²) in [4.78, 5) is -0.0491. The fourth-order valence-corrected chi connectivity index (χ4v) is 4.06. The molecule has 3 rings (SSSR count). The minimum Gasteiger partial charge on any atom is -0.284 e. The van der Waals surface area contributed by atoms with Crippen LogP contribution in [0.25, 0.3) is 11.1 Å². The lowest BCUT2D eigenvalue weighted by Crippen LogP contribution is -2.33. The van der Waals surface area contributed by atoms with Crippen LogP contribution in [0.15, 0.2) is 47.4 Å². The maximum Gasteiger partial charge on any atom is 0.238 e. The highest BCUT2D eigenvalue weighted by atomic mass is 32.2. The number of benzene rings is 2. The molecule has 0 aliphatic carbocycles. The van der Waals surface area contributed by atoms with Crippen molar-refractivity contribution < 1.29 is 16.8 Å². The number of nitrogens with two attached hydrogens (primary N) is 1. The third-order valence-electron chi connectivity index (χ3n) is 3.63. The van der Waals surface area contributed by atoms with Gasteiger partial charge in [0.05, 0.1) is 11.2 Å². The summed E-state index contributed by atoms with van der Waals surface area (Å²) in [6, 6.07) is 11.3. The van der Waals surface area contributed by atoms with Crippen molar-refractivity contribution in [3.8, 4) is 11.1 Å². The van der Waals surface area contributed by atoms with E-state index in [2.05, 4.69) is 26.6 Å². The Kier molecular flexibility index (Phi) is 4.98. The van der Waals surface area contributed by atoms with Crippen LogP contribution in [0.4, 0.5) is 5.69 Å². The second kappa shape index (κ2) is 6.92. The molecular weight excluding hydrogens is 380 g/mol. The number of hydrogen-bond donors (Lipinski definition) is 6. The van der Waals surface area contributed by atoms with E-state index in [-0.39, 0.29) is 4.90 Å². The number of anilines is 1. The lowest BCUT2D eigenvalue weighted by molar-refractivity contribution is 0.540. The Morgan fingerprint density at radius 3 is 2.27 bits per heavy atom. The standard InChI is InChI=1S/C14H18N6O4S2/c1-25(21,22)18-10-5-2-4-9(8-10)11-6-3-7-12(26(15,23)24)13(11)14-16-19-20-17-14/h2-8,14,16-20H,1H3,(H2,15,23,24). The van der Waals surface area contributed by atoms with Crippen LogP contribution in [0.2, 0.25) is 0 Å². The van der Waals surface area contributed by atoms with Crippen LogP contribution in [0, 0.1) is 0 Å². The maximum absolute atomic E-state index is 12.0. The molecule has 0 atom stereocenters. The molecule has 0 aromatic heterocycles. The summed E-state index contributed by atoms with van der Waals surface area (Å²) in [6.45, 7) is 0. The van der Waals surface area contributed by atoms with Gasteiger partial charge in [0.2, 0.25) is 20.0 Å². The Hall–Kier alpha value is -2.06. The summed E-state index contributed by atoms with van der Waals surface area (Å²) in [5.74, 6) is 0. The van der Waals surface area contributed by atoms with Gasteiger partial charge in [-0.3, -0.25) is 4.72 Å². The normalized spacial score (nSPS) is 15.9. The summed E-state index contributed by atoms with van der Waals surface area (Å²) >= 11 is 0. The third kappa shape index (κ3) is 4.19. The van der Waals surface area contributed by atoms with E-state index in [0.29, 0.717) is 22.4 Å². The molecule has 1 saturated heterocycles. The number of primary sulfonamides is 1. The summed E-state index contributed by atoms with van der Waals surface area (Å²) in [6.07, 6.45) is 0.460. The Balaban J connectivity index is 2.18. The first-order valence-corrected chi connectivity index (χ1v) is 10.8. The molecule has 10 nitrogen and oxygen atoms in total. The third-order valence-corrected chi connectivity index (χ3v) is 5.21. The van der Waals surface area contributed by atoms with Crippen molar-refractivity contribution in [3.05, 3.63) is 48.0 Å². The fourth-order valence-electron chi connectivity index (χ4n) is 2.70. The molecule has 140 valence electrons. The molecule has 0 saturated carbocycles. The zero-order valence-corrected chi connectivity index (χ0v) is 15.3. The predicted octanol–water partition coefficient (Wildman–Crippen LogP) is -0.512. The molecule has 0 bridgehead atoms. The number of rotatable bonds is 5. The Labute approximate surface area is 151 Å². The summed E-state index contributed by atoms with van der Waals surface area (Å²) < 4.78 is 49.4. The van der Waals surface area contributed by atoms with E-state index in [1.807, 2.05) is 0 Å². The van der Waals surface area contributed by atoms with Gasteiger partial charge in [-0.05, 0) is 29.3 Å². The van der Waals surface area contributed by atoms with Gasteiger partial charge < -0.3 is 0 Å². The molecule has 0 radical (unpaired) electrons. The smallest absolute Gasteiger partial charge is 0.238 e. The first kappa shape index (κ1) is 18.7. The van der Waals surface area contributed by atoms with Crippen molar-refractivity contribution >= 4 is 25.7 Å². The maximum atomic E-state index is 12.0. The van der Waals surface area contributed by atoms with Crippen molar-refractivity contribution in [3.63, 3.8) is 0 Å². The van der Waals surface area contributed by atoms with Gasteiger partial charge in [-0.15, -0.1) is 0 Å². The summed E-state index contributed by atoms with van der Waals surface area (Å²) in [7, 11) is -7.43. The minimum absolute atomic E-state index is 0.0491. The van der Waals surface area contributed by atoms with Gasteiger partial charge in [0.15, 0.2) is 0 Å². The van der Waals surface area contributed by atoms with Crippen LogP contribution in [0.1, 0.15) is 11.7 Å². The highest BCUT2D eigenvalue weighted by Crippen LogP contribution is 2.33. The molecule has 2 aromatic carbocycles. The van der Waals surface area contributed by atoms with Gasteiger partial charge in [-0.25, -0.2) is 32.8 Å². The molecule has 26 heavy (non-hydrogen) atoms. The van der Waals surface area contributed by atoms with Crippen LogP contribution in [0.3, 0.4) is 0 Å². The van der Waals surface area contributed by atoms with Crippen molar-refractivity contribution in [2.24, 2.45) is 5.14 Å². The average Bonchev–Trinajstić information content (AvgIpc) is 3.06. The predicted molar refractivity (Wildman–Crippen MR) is 97.0 cm³/mol. The number of nitrogens with one attached hydrogen (secondary N) is 5. The summed E-state index contributed by atoms with van der Waals surface area (Å²) in [5, 5.41) is 5.37. The molecular formula is C14H18N6O4S2. The van der Waals surface area contributed by atoms with Gasteiger partial charge in [-0.2, -0.15) is 11.1 Å². The second-order valence-corrected chi connectivity index (χ2v) is 8.97. The molecule has 7 N–H and O–H groups in total. The highest BCUT2D eigenvalue weighted by Gasteiger charge is 2.27. The van der Waals surface area contributed by atoms with Gasteiger partial charge in [-0.1, -0.05) is 24.3 Å². The van der Waals surface area contributed by atoms with Crippen LogP contribution in [-0.2, 0) is 20.0 Å². The SMILES string of the molecule is CS(=O)(=O)Nc1cccc(-c2cccc(S(N)(=O)=O)c2C2NNNN2)c1. The molecule has 0 unspecified atom stereocenters. The molecule has 1 fully saturated rings. The van der Waals surface area contributed by atoms with Crippen LogP contribution < -0.4 is 31.8 Å². The quantitative estimate of drug-likeness (QED) is 0.393. The molecule has 12 heteroatoms. The van der Waals surface area contributed by atoms with Crippen LogP contribution in [-0.4, -0.2) is 23.1 Å². The molecule has 1 heterocycles. The second-order valence-electron chi connectivity index (χ2n) is 5.69. The first-order chi connectivity index (χ1) is 12.1. The van der Waals surface area contributed by atoms with Crippen LogP contribution in [0.5, 0.6) is 0 Å². The van der Waals surface area contributed by atoms with E-state index in [4.69, 9.17) is 5.14 Å². The lowest BCUT2D eigenvalue weighted by atomic mass is 9.97. The minimum atomic E-state index is -3.99. The van der Waals surface area contributed by atoms with Crippen molar-refractivity contribution in [2.45, 2.75) is 11.1 Å². The largest absolute Gasteiger partial charge is 0.284 e. The first-order valence-electron chi connectivity index (χ1n) is 7.40. The zero-order valence-electron chi connectivity index (χ0n) is 13.6. The van der Waals surface area contributed by atoms with E-state index in [9.17, 15) is 16.8 Å². The van der Waals surface area contributed by atoms with E-state index < -0.39 is 26.2 Å². The Morgan fingerprint density at radius 1 is 1.00 bits per heavy atom. The van der Waals surface area contributed by atoms with Gasteiger partial charge in [0.25, 0.3) is 0 Å². The Morgan fingerprint density at radius 2 is 1.65 bits per heavy atom.